The van der Waals surface area contributed by atoms with E-state index in [9.17, 15) is 20.1 Å². The van der Waals surface area contributed by atoms with Crippen LogP contribution in [0.2, 0.25) is 0 Å². The van der Waals surface area contributed by atoms with Crippen molar-refractivity contribution in [1.82, 2.24) is 0 Å². The Kier molecular flexibility index (Phi) is 4.41. The average Bonchev–Trinajstić information content (AvgIpc) is 2.43. The minimum absolute atomic E-state index is 0.170. The molecule has 1 aromatic heterocycles. The Labute approximate surface area is 113 Å². The molecule has 0 saturated carbocycles. The van der Waals surface area contributed by atoms with E-state index in [-0.39, 0.29) is 11.5 Å². The van der Waals surface area contributed by atoms with E-state index >= 15 is 0 Å². The summed E-state index contributed by atoms with van der Waals surface area (Å²) in [6.07, 6.45) is -5.95. The van der Waals surface area contributed by atoms with Gasteiger partial charge in [-0.25, -0.2) is 0 Å². The predicted molar refractivity (Wildman–Crippen MR) is 64.1 cm³/mol. The van der Waals surface area contributed by atoms with Gasteiger partial charge in [0.1, 0.15) is 30.2 Å². The summed E-state index contributed by atoms with van der Waals surface area (Å²) in [4.78, 5) is 11.6. The van der Waals surface area contributed by atoms with E-state index in [4.69, 9.17) is 19.0 Å². The molecule has 2 heterocycles. The molecular weight excluding hydrogens is 272 g/mol. The Balaban J connectivity index is 2.22. The van der Waals surface area contributed by atoms with Gasteiger partial charge < -0.3 is 34.3 Å². The molecule has 0 aromatic carbocycles. The summed E-state index contributed by atoms with van der Waals surface area (Å²) in [5, 5.41) is 38.1. The Bertz CT molecular complexity index is 510. The monoisotopic (exact) mass is 288 g/mol. The van der Waals surface area contributed by atoms with E-state index in [0.29, 0.717) is 0 Å². The molecule has 2 rings (SSSR count). The second-order valence-electron chi connectivity index (χ2n) is 4.49. The highest BCUT2D eigenvalue weighted by molar-refractivity contribution is 5.23. The summed E-state index contributed by atoms with van der Waals surface area (Å²) in [5.41, 5.74) is -0.481. The fourth-order valence-corrected chi connectivity index (χ4v) is 1.92. The van der Waals surface area contributed by atoms with Crippen molar-refractivity contribution in [3.63, 3.8) is 0 Å². The highest BCUT2D eigenvalue weighted by Gasteiger charge is 2.45. The molecule has 8 heteroatoms. The summed E-state index contributed by atoms with van der Waals surface area (Å²) in [6, 6.07) is 1.13. The second kappa shape index (κ2) is 5.90. The normalized spacial score (nSPS) is 34.0. The standard InChI is InChI=1S/C12H16O8/c1-5-11(6(14)2-3-18-5)20-12-10(17)9(16)8(15)7(4-13)19-12/h2-3,7-10,12-13,15-17H,4H2,1H3/t7-,8-,9+,10-,12?/m1/s1. The van der Waals surface area contributed by atoms with E-state index in [2.05, 4.69) is 0 Å². The van der Waals surface area contributed by atoms with E-state index in [1.165, 1.54) is 13.2 Å². The molecule has 1 aliphatic rings. The van der Waals surface area contributed by atoms with Crippen molar-refractivity contribution in [2.75, 3.05) is 6.61 Å². The molecule has 1 unspecified atom stereocenters. The van der Waals surface area contributed by atoms with Crippen molar-refractivity contribution in [3.8, 4) is 5.75 Å². The lowest BCUT2D eigenvalue weighted by atomic mass is 9.99. The number of hydrogen-bond acceptors (Lipinski definition) is 8. The van der Waals surface area contributed by atoms with Gasteiger partial charge in [-0.3, -0.25) is 4.79 Å². The van der Waals surface area contributed by atoms with Crippen molar-refractivity contribution in [3.05, 3.63) is 28.3 Å². The maximum absolute atomic E-state index is 11.6. The molecule has 0 spiro atoms. The molecular formula is C12H16O8. The van der Waals surface area contributed by atoms with Crippen LogP contribution in [-0.4, -0.2) is 57.7 Å². The van der Waals surface area contributed by atoms with Gasteiger partial charge in [-0.2, -0.15) is 0 Å². The molecule has 1 aromatic rings. The van der Waals surface area contributed by atoms with Gasteiger partial charge in [0, 0.05) is 6.07 Å². The van der Waals surface area contributed by atoms with Crippen LogP contribution < -0.4 is 10.2 Å². The number of hydrogen-bond donors (Lipinski definition) is 4. The molecule has 0 bridgehead atoms. The maximum Gasteiger partial charge on any atom is 0.229 e. The first kappa shape index (κ1) is 14.9. The van der Waals surface area contributed by atoms with Crippen LogP contribution in [0.5, 0.6) is 5.75 Å². The third-order valence-corrected chi connectivity index (χ3v) is 3.09. The Hall–Kier alpha value is -1.45. The summed E-state index contributed by atoms with van der Waals surface area (Å²) in [5.74, 6) is 0.00582. The van der Waals surface area contributed by atoms with Crippen LogP contribution in [0.25, 0.3) is 0 Å². The Morgan fingerprint density at radius 1 is 1.25 bits per heavy atom. The van der Waals surface area contributed by atoms with Gasteiger partial charge in [0.2, 0.25) is 17.5 Å². The predicted octanol–water partition coefficient (Wildman–Crippen LogP) is -1.87. The Morgan fingerprint density at radius 2 is 1.95 bits per heavy atom. The summed E-state index contributed by atoms with van der Waals surface area (Å²) >= 11 is 0. The third-order valence-electron chi connectivity index (χ3n) is 3.09. The van der Waals surface area contributed by atoms with Crippen LogP contribution in [-0.2, 0) is 4.74 Å². The SMILES string of the molecule is Cc1occc(=O)c1OC1O[C@H](CO)[C@@H](O)[C@H](O)[C@H]1O. The van der Waals surface area contributed by atoms with Crippen LogP contribution in [0.1, 0.15) is 5.76 Å². The Morgan fingerprint density at radius 3 is 2.55 bits per heavy atom. The van der Waals surface area contributed by atoms with Gasteiger partial charge >= 0.3 is 0 Å². The second-order valence-corrected chi connectivity index (χ2v) is 4.49. The van der Waals surface area contributed by atoms with E-state index in [1.54, 1.807) is 0 Å². The van der Waals surface area contributed by atoms with Crippen molar-refractivity contribution < 1.29 is 34.3 Å². The fraction of sp³-hybridized carbons (Fsp3) is 0.583. The number of aliphatic hydroxyl groups excluding tert-OH is 4. The first-order valence-corrected chi connectivity index (χ1v) is 6.01. The number of aryl methyl sites for hydroxylation is 1. The average molecular weight is 288 g/mol. The van der Waals surface area contributed by atoms with Crippen molar-refractivity contribution >= 4 is 0 Å². The summed E-state index contributed by atoms with van der Waals surface area (Å²) in [6.45, 7) is 0.911. The van der Waals surface area contributed by atoms with Crippen LogP contribution in [0.3, 0.4) is 0 Å². The minimum Gasteiger partial charge on any atom is -0.465 e. The molecule has 8 nitrogen and oxygen atoms in total. The van der Waals surface area contributed by atoms with Crippen LogP contribution in [0, 0.1) is 6.92 Å². The zero-order chi connectivity index (χ0) is 14.9. The lowest BCUT2D eigenvalue weighted by molar-refractivity contribution is -0.277. The zero-order valence-corrected chi connectivity index (χ0v) is 10.7. The van der Waals surface area contributed by atoms with E-state index < -0.39 is 42.7 Å². The summed E-state index contributed by atoms with van der Waals surface area (Å²) in [7, 11) is 0. The molecule has 112 valence electrons. The fourth-order valence-electron chi connectivity index (χ4n) is 1.92. The van der Waals surface area contributed by atoms with Gasteiger partial charge in [-0.15, -0.1) is 0 Å². The van der Waals surface area contributed by atoms with Crippen molar-refractivity contribution in [2.45, 2.75) is 37.6 Å². The van der Waals surface area contributed by atoms with Gasteiger partial charge in [-0.1, -0.05) is 0 Å². The van der Waals surface area contributed by atoms with Gasteiger partial charge in [-0.05, 0) is 6.92 Å². The van der Waals surface area contributed by atoms with Crippen LogP contribution >= 0.6 is 0 Å². The van der Waals surface area contributed by atoms with Gasteiger partial charge in [0.15, 0.2) is 0 Å². The molecule has 4 N–H and O–H groups in total. The number of aliphatic hydroxyl groups is 4. The van der Waals surface area contributed by atoms with E-state index in [1.807, 2.05) is 0 Å². The third kappa shape index (κ3) is 2.69. The molecule has 0 amide bonds. The quantitative estimate of drug-likeness (QED) is 0.509. The molecule has 1 aliphatic heterocycles. The minimum atomic E-state index is -1.58. The van der Waals surface area contributed by atoms with E-state index in [0.717, 1.165) is 6.07 Å². The molecule has 0 radical (unpaired) electrons. The highest BCUT2D eigenvalue weighted by atomic mass is 16.7. The largest absolute Gasteiger partial charge is 0.465 e. The zero-order valence-electron chi connectivity index (χ0n) is 10.7. The molecule has 0 aliphatic carbocycles. The first-order chi connectivity index (χ1) is 9.45. The first-order valence-electron chi connectivity index (χ1n) is 6.01. The van der Waals surface area contributed by atoms with Crippen molar-refractivity contribution in [1.29, 1.82) is 0 Å². The number of rotatable bonds is 3. The summed E-state index contributed by atoms with van der Waals surface area (Å²) < 4.78 is 15.3. The molecule has 1 fully saturated rings. The van der Waals surface area contributed by atoms with Gasteiger partial charge in [0.25, 0.3) is 0 Å². The lowest BCUT2D eigenvalue weighted by Gasteiger charge is -2.39. The topological polar surface area (TPSA) is 130 Å². The van der Waals surface area contributed by atoms with Gasteiger partial charge in [0.05, 0.1) is 12.9 Å². The number of ether oxygens (including phenoxy) is 2. The maximum atomic E-state index is 11.6. The molecule has 1 saturated heterocycles. The molecule has 5 atom stereocenters. The smallest absolute Gasteiger partial charge is 0.229 e. The molecule has 20 heavy (non-hydrogen) atoms. The highest BCUT2D eigenvalue weighted by Crippen LogP contribution is 2.24. The van der Waals surface area contributed by atoms with Crippen LogP contribution in [0.4, 0.5) is 0 Å². The van der Waals surface area contributed by atoms with Crippen molar-refractivity contribution in [2.24, 2.45) is 0 Å². The van der Waals surface area contributed by atoms with Crippen LogP contribution in [0.15, 0.2) is 21.5 Å². The lowest BCUT2D eigenvalue weighted by Crippen LogP contribution is -2.60.